The molecule has 0 aromatic carbocycles. The summed E-state index contributed by atoms with van der Waals surface area (Å²) in [4.78, 5) is 12.3. The van der Waals surface area contributed by atoms with E-state index >= 15 is 0 Å². The van der Waals surface area contributed by atoms with Crippen molar-refractivity contribution in [3.63, 3.8) is 0 Å². The van der Waals surface area contributed by atoms with Crippen LogP contribution in [0.1, 0.15) is 143 Å². The zero-order chi connectivity index (χ0) is 24.2. The fourth-order valence-corrected chi connectivity index (χ4v) is 6.80. The summed E-state index contributed by atoms with van der Waals surface area (Å²) in [5.74, 6) is 0.779. The zero-order valence-electron chi connectivity index (χ0n) is 22.5. The van der Waals surface area contributed by atoms with Crippen LogP contribution < -0.4 is 5.32 Å². The summed E-state index contributed by atoms with van der Waals surface area (Å²) >= 11 is 0. The molecule has 0 aromatic heterocycles. The average Bonchev–Trinajstić information content (AvgIpc) is 3.25. The molecule has 2 aliphatic carbocycles. The highest BCUT2D eigenvalue weighted by Crippen LogP contribution is 2.68. The third-order valence-corrected chi connectivity index (χ3v) is 9.30. The normalized spacial score (nSPS) is 28.1. The number of nitrogens with one attached hydrogen (secondary N) is 1. The maximum absolute atomic E-state index is 12.3. The van der Waals surface area contributed by atoms with Crippen LogP contribution in [0, 0.1) is 16.7 Å². The van der Waals surface area contributed by atoms with Crippen molar-refractivity contribution in [2.45, 2.75) is 149 Å². The fourth-order valence-electron chi connectivity index (χ4n) is 6.80. The van der Waals surface area contributed by atoms with Crippen LogP contribution in [0.15, 0.2) is 12.2 Å². The largest absolute Gasteiger partial charge is 0.389 e. The van der Waals surface area contributed by atoms with E-state index in [0.29, 0.717) is 25.3 Å². The second-order valence-corrected chi connectivity index (χ2v) is 12.0. The minimum Gasteiger partial charge on any atom is -0.389 e. The summed E-state index contributed by atoms with van der Waals surface area (Å²) in [6.07, 6.45) is 26.2. The number of fused-ring (bicyclic) bond motifs is 2. The first-order valence-corrected chi connectivity index (χ1v) is 14.4. The summed E-state index contributed by atoms with van der Waals surface area (Å²) in [5.41, 5.74) is -0.678. The second-order valence-electron chi connectivity index (χ2n) is 12.0. The first kappa shape index (κ1) is 28.4. The van der Waals surface area contributed by atoms with E-state index in [1.165, 1.54) is 77.0 Å². The number of amides is 1. The fraction of sp³-hybridized carbons (Fsp3) is 0.900. The summed E-state index contributed by atoms with van der Waals surface area (Å²) in [5, 5.41) is 14.6. The van der Waals surface area contributed by atoms with Crippen LogP contribution in [0.4, 0.5) is 0 Å². The van der Waals surface area contributed by atoms with Gasteiger partial charge in [0, 0.05) is 13.0 Å². The monoisotopic (exact) mass is 461 g/mol. The molecule has 2 fully saturated rings. The molecular formula is C30H55NO2. The van der Waals surface area contributed by atoms with E-state index in [1.807, 2.05) is 0 Å². The van der Waals surface area contributed by atoms with E-state index < -0.39 is 5.60 Å². The van der Waals surface area contributed by atoms with Crippen molar-refractivity contribution >= 4 is 5.91 Å². The van der Waals surface area contributed by atoms with Crippen molar-refractivity contribution in [1.29, 1.82) is 0 Å². The van der Waals surface area contributed by atoms with Gasteiger partial charge in [0.25, 0.3) is 0 Å². The van der Waals surface area contributed by atoms with Gasteiger partial charge in [-0.3, -0.25) is 4.79 Å². The molecule has 0 aliphatic heterocycles. The van der Waals surface area contributed by atoms with Gasteiger partial charge in [0.2, 0.25) is 5.91 Å². The molecule has 0 heterocycles. The number of hydrogen-bond donors (Lipinski definition) is 2. The lowest BCUT2D eigenvalue weighted by Gasteiger charge is -2.51. The number of unbranched alkanes of at least 4 members (excludes halogenated alkanes) is 11. The number of rotatable bonds is 18. The Balaban J connectivity index is 1.42. The summed E-state index contributed by atoms with van der Waals surface area (Å²) in [6.45, 7) is 9.60. The lowest BCUT2D eigenvalue weighted by atomic mass is 9.59. The Labute approximate surface area is 205 Å². The second kappa shape index (κ2) is 13.9. The van der Waals surface area contributed by atoms with Gasteiger partial charge in [-0.1, -0.05) is 91.2 Å². The highest BCUT2D eigenvalue weighted by atomic mass is 16.3. The van der Waals surface area contributed by atoms with E-state index in [1.54, 1.807) is 0 Å². The van der Waals surface area contributed by atoms with Gasteiger partial charge in [-0.15, -0.1) is 0 Å². The highest BCUT2D eigenvalue weighted by Gasteiger charge is 2.67. The van der Waals surface area contributed by atoms with Crippen molar-refractivity contribution < 1.29 is 9.90 Å². The molecule has 1 amide bonds. The first-order chi connectivity index (χ1) is 15.8. The summed E-state index contributed by atoms with van der Waals surface area (Å²) < 4.78 is 0. The van der Waals surface area contributed by atoms with Crippen molar-refractivity contribution in [2.75, 3.05) is 6.54 Å². The van der Waals surface area contributed by atoms with Gasteiger partial charge in [0.1, 0.15) is 0 Å². The minimum atomic E-state index is -0.653. The summed E-state index contributed by atoms with van der Waals surface area (Å²) in [7, 11) is 0. The Kier molecular flexibility index (Phi) is 12.0. The lowest BCUT2D eigenvalue weighted by molar-refractivity contribution is -0.147. The zero-order valence-corrected chi connectivity index (χ0v) is 22.5. The van der Waals surface area contributed by atoms with Gasteiger partial charge in [-0.05, 0) is 74.5 Å². The SMILES string of the molecule is CCCCCCCC/C=C\CCCCCCCC(=O)NCC[C@]1(O)C(C)(C)[C@H]2CC[C@]1(C)C2. The van der Waals surface area contributed by atoms with Gasteiger partial charge in [0.15, 0.2) is 0 Å². The van der Waals surface area contributed by atoms with Gasteiger partial charge in [-0.2, -0.15) is 0 Å². The van der Waals surface area contributed by atoms with Crippen LogP contribution in [-0.4, -0.2) is 23.2 Å². The Morgan fingerprint density at radius 1 is 0.909 bits per heavy atom. The van der Waals surface area contributed by atoms with Gasteiger partial charge in [0.05, 0.1) is 5.60 Å². The third-order valence-electron chi connectivity index (χ3n) is 9.30. The smallest absolute Gasteiger partial charge is 0.219 e. The molecule has 2 saturated carbocycles. The molecule has 2 aliphatic rings. The molecule has 33 heavy (non-hydrogen) atoms. The third kappa shape index (κ3) is 7.84. The van der Waals surface area contributed by atoms with Crippen molar-refractivity contribution in [3.05, 3.63) is 12.2 Å². The highest BCUT2D eigenvalue weighted by molar-refractivity contribution is 5.75. The Morgan fingerprint density at radius 3 is 2.06 bits per heavy atom. The van der Waals surface area contributed by atoms with Crippen molar-refractivity contribution in [1.82, 2.24) is 5.32 Å². The van der Waals surface area contributed by atoms with Gasteiger partial charge in [-0.25, -0.2) is 0 Å². The molecule has 0 unspecified atom stereocenters. The van der Waals surface area contributed by atoms with Crippen LogP contribution in [0.3, 0.4) is 0 Å². The number of carbonyl (C=O) groups is 1. The van der Waals surface area contributed by atoms with Crippen LogP contribution >= 0.6 is 0 Å². The standard InChI is InChI=1S/C30H55NO2/c1-5-6-7-8-9-10-11-12-13-14-15-16-17-18-19-20-27(32)31-24-23-30(33)28(2,3)26-21-22-29(30,4)25-26/h12-13,26,33H,5-11,14-25H2,1-4H3,(H,31,32)/b13-12-/t26-,29+,30-/m0/s1. The molecule has 2 bridgehead atoms. The predicted molar refractivity (Wildman–Crippen MR) is 141 cm³/mol. The van der Waals surface area contributed by atoms with Gasteiger partial charge < -0.3 is 10.4 Å². The maximum Gasteiger partial charge on any atom is 0.219 e. The Bertz CT molecular complexity index is 591. The molecule has 192 valence electrons. The number of hydrogen-bond acceptors (Lipinski definition) is 2. The van der Waals surface area contributed by atoms with Crippen LogP contribution in [0.5, 0.6) is 0 Å². The summed E-state index contributed by atoms with van der Waals surface area (Å²) in [6, 6.07) is 0. The van der Waals surface area contributed by atoms with E-state index in [9.17, 15) is 9.90 Å². The lowest BCUT2D eigenvalue weighted by Crippen LogP contribution is -2.55. The molecule has 0 aromatic rings. The molecule has 0 saturated heterocycles. The van der Waals surface area contributed by atoms with Crippen LogP contribution in [-0.2, 0) is 4.79 Å². The molecule has 2 rings (SSSR count). The molecule has 3 nitrogen and oxygen atoms in total. The predicted octanol–water partition coefficient (Wildman–Crippen LogP) is 8.11. The Hall–Kier alpha value is -0.830. The van der Waals surface area contributed by atoms with E-state index in [0.717, 1.165) is 25.7 Å². The van der Waals surface area contributed by atoms with Crippen molar-refractivity contribution in [2.24, 2.45) is 16.7 Å². The van der Waals surface area contributed by atoms with E-state index in [2.05, 4.69) is 45.2 Å². The molecule has 3 atom stereocenters. The molecule has 0 radical (unpaired) electrons. The number of carbonyl (C=O) groups excluding carboxylic acids is 1. The van der Waals surface area contributed by atoms with Crippen molar-refractivity contribution in [3.8, 4) is 0 Å². The number of allylic oxidation sites excluding steroid dienone is 2. The van der Waals surface area contributed by atoms with Crippen LogP contribution in [0.2, 0.25) is 0 Å². The molecular weight excluding hydrogens is 406 g/mol. The van der Waals surface area contributed by atoms with Gasteiger partial charge >= 0.3 is 0 Å². The quantitative estimate of drug-likeness (QED) is 0.160. The Morgan fingerprint density at radius 2 is 1.48 bits per heavy atom. The first-order valence-electron chi connectivity index (χ1n) is 14.4. The van der Waals surface area contributed by atoms with E-state index in [4.69, 9.17) is 0 Å². The van der Waals surface area contributed by atoms with Crippen LogP contribution in [0.25, 0.3) is 0 Å². The molecule has 3 heteroatoms. The number of aliphatic hydroxyl groups is 1. The average molecular weight is 462 g/mol. The molecule has 0 spiro atoms. The minimum absolute atomic E-state index is 0.0231. The topological polar surface area (TPSA) is 49.3 Å². The molecule has 2 N–H and O–H groups in total. The van der Waals surface area contributed by atoms with E-state index in [-0.39, 0.29) is 16.7 Å². The maximum atomic E-state index is 12.3.